The third-order valence-electron chi connectivity index (χ3n) is 2.35. The molecule has 1 aromatic carbocycles. The van der Waals surface area contributed by atoms with Crippen LogP contribution in [0.1, 0.15) is 19.0 Å². The summed E-state index contributed by atoms with van der Waals surface area (Å²) >= 11 is 5.64. The second-order valence-electron chi connectivity index (χ2n) is 3.92. The first-order chi connectivity index (χ1) is 9.31. The first-order valence-corrected chi connectivity index (χ1v) is 6.64. The number of halogens is 1. The molecule has 1 heterocycles. The summed E-state index contributed by atoms with van der Waals surface area (Å²) in [6.07, 6.45) is 0.987. The van der Waals surface area contributed by atoms with Gasteiger partial charge in [0.25, 0.3) is 0 Å². The summed E-state index contributed by atoms with van der Waals surface area (Å²) in [5, 5.41) is 7.85. The second-order valence-corrected chi connectivity index (χ2v) is 4.19. The van der Waals surface area contributed by atoms with Crippen molar-refractivity contribution in [2.24, 2.45) is 0 Å². The van der Waals surface area contributed by atoms with Crippen LogP contribution >= 0.6 is 11.6 Å². The van der Waals surface area contributed by atoms with Crippen molar-refractivity contribution in [1.29, 1.82) is 0 Å². The van der Waals surface area contributed by atoms with Crippen molar-refractivity contribution in [3.05, 3.63) is 42.1 Å². The maximum Gasteiger partial charge on any atom is 0.238 e. The van der Waals surface area contributed by atoms with Crippen LogP contribution in [0, 0.1) is 0 Å². The number of ether oxygens (including phenoxy) is 2. The molecule has 0 radical (unpaired) electrons. The van der Waals surface area contributed by atoms with Crippen molar-refractivity contribution in [2.45, 2.75) is 19.2 Å². The first kappa shape index (κ1) is 13.6. The summed E-state index contributed by atoms with van der Waals surface area (Å²) in [4.78, 5) is 0. The monoisotopic (exact) mass is 278 g/mol. The predicted octanol–water partition coefficient (Wildman–Crippen LogP) is 3.80. The van der Waals surface area contributed by atoms with Crippen LogP contribution < -0.4 is 9.47 Å². The summed E-state index contributed by atoms with van der Waals surface area (Å²) in [6.45, 7) is 2.78. The van der Waals surface area contributed by atoms with E-state index in [1.165, 1.54) is 0 Å². The van der Waals surface area contributed by atoms with Crippen LogP contribution in [0.3, 0.4) is 0 Å². The normalized spacial score (nSPS) is 10.2. The Morgan fingerprint density at radius 3 is 2.32 bits per heavy atom. The highest BCUT2D eigenvalue weighted by molar-refractivity contribution is 6.16. The third-order valence-corrected chi connectivity index (χ3v) is 2.63. The van der Waals surface area contributed by atoms with Gasteiger partial charge in [0, 0.05) is 6.07 Å². The van der Waals surface area contributed by atoms with Crippen LogP contribution in [0.2, 0.25) is 0 Å². The van der Waals surface area contributed by atoms with Crippen molar-refractivity contribution in [3.63, 3.8) is 0 Å². The lowest BCUT2D eigenvalue weighted by molar-refractivity contribution is 0.317. The summed E-state index contributed by atoms with van der Waals surface area (Å²) in [5.41, 5.74) is 0.720. The molecule has 0 aliphatic heterocycles. The molecule has 0 saturated heterocycles. The Bertz CT molecular complexity index is 500. The van der Waals surface area contributed by atoms with E-state index in [1.54, 1.807) is 12.1 Å². The molecule has 0 saturated carbocycles. The fourth-order valence-electron chi connectivity index (χ4n) is 1.42. The van der Waals surface area contributed by atoms with Gasteiger partial charge in [-0.2, -0.15) is 5.10 Å². The molecule has 1 aromatic heterocycles. The molecular formula is C14H15ClN2O2. The number of nitrogens with zero attached hydrogens (tertiary/aromatic N) is 2. The van der Waals surface area contributed by atoms with Crippen molar-refractivity contribution in [3.8, 4) is 17.4 Å². The molecule has 5 heteroatoms. The van der Waals surface area contributed by atoms with Gasteiger partial charge in [0.15, 0.2) is 0 Å². The molecule has 4 nitrogen and oxygen atoms in total. The van der Waals surface area contributed by atoms with Crippen molar-refractivity contribution >= 4 is 11.6 Å². The fraction of sp³-hybridized carbons (Fsp3) is 0.286. The van der Waals surface area contributed by atoms with E-state index in [4.69, 9.17) is 21.1 Å². The third kappa shape index (κ3) is 4.10. The van der Waals surface area contributed by atoms with Crippen LogP contribution in [-0.4, -0.2) is 16.8 Å². The van der Waals surface area contributed by atoms with Gasteiger partial charge in [-0.1, -0.05) is 6.92 Å². The minimum absolute atomic E-state index is 0.344. The number of alkyl halides is 1. The Balaban J connectivity index is 1.98. The van der Waals surface area contributed by atoms with E-state index in [2.05, 4.69) is 17.1 Å². The molecular weight excluding hydrogens is 264 g/mol. The molecule has 0 atom stereocenters. The molecule has 0 fully saturated rings. The van der Waals surface area contributed by atoms with Crippen molar-refractivity contribution in [1.82, 2.24) is 10.2 Å². The van der Waals surface area contributed by atoms with Gasteiger partial charge in [-0.25, -0.2) is 0 Å². The highest BCUT2D eigenvalue weighted by Crippen LogP contribution is 2.22. The summed E-state index contributed by atoms with van der Waals surface area (Å²) in [6, 6.07) is 10.9. The van der Waals surface area contributed by atoms with Crippen molar-refractivity contribution < 1.29 is 9.47 Å². The average molecular weight is 279 g/mol. The van der Waals surface area contributed by atoms with Crippen LogP contribution in [-0.2, 0) is 5.88 Å². The Hall–Kier alpha value is -1.81. The zero-order valence-corrected chi connectivity index (χ0v) is 11.4. The zero-order valence-electron chi connectivity index (χ0n) is 10.7. The summed E-state index contributed by atoms with van der Waals surface area (Å²) in [5.74, 6) is 2.31. The number of aromatic nitrogens is 2. The largest absolute Gasteiger partial charge is 0.494 e. The Kier molecular flexibility index (Phi) is 4.98. The van der Waals surface area contributed by atoms with Crippen LogP contribution in [0.4, 0.5) is 0 Å². The SMILES string of the molecule is CCCOc1ccc(Oc2ccc(CCl)nn2)cc1. The molecule has 0 bridgehead atoms. The number of hydrogen-bond acceptors (Lipinski definition) is 4. The van der Waals surface area contributed by atoms with Gasteiger partial charge >= 0.3 is 0 Å². The number of rotatable bonds is 6. The molecule has 2 rings (SSSR count). The van der Waals surface area contributed by atoms with E-state index in [-0.39, 0.29) is 0 Å². The predicted molar refractivity (Wildman–Crippen MR) is 73.9 cm³/mol. The maximum atomic E-state index is 5.64. The Morgan fingerprint density at radius 2 is 1.74 bits per heavy atom. The van der Waals surface area contributed by atoms with Gasteiger partial charge in [0.1, 0.15) is 11.5 Å². The van der Waals surface area contributed by atoms with E-state index in [9.17, 15) is 0 Å². The van der Waals surface area contributed by atoms with Gasteiger partial charge in [-0.3, -0.25) is 0 Å². The highest BCUT2D eigenvalue weighted by atomic mass is 35.5. The molecule has 0 spiro atoms. The molecule has 0 aliphatic rings. The van der Waals surface area contributed by atoms with E-state index in [0.717, 1.165) is 17.9 Å². The molecule has 2 aromatic rings. The molecule has 0 N–H and O–H groups in total. The van der Waals surface area contributed by atoms with Crippen LogP contribution in [0.15, 0.2) is 36.4 Å². The molecule has 0 unspecified atom stereocenters. The quantitative estimate of drug-likeness (QED) is 0.754. The number of hydrogen-bond donors (Lipinski definition) is 0. The second kappa shape index (κ2) is 6.95. The minimum atomic E-state index is 0.344. The molecule has 0 aliphatic carbocycles. The van der Waals surface area contributed by atoms with E-state index in [0.29, 0.717) is 24.1 Å². The Morgan fingerprint density at radius 1 is 1.00 bits per heavy atom. The molecule has 19 heavy (non-hydrogen) atoms. The van der Waals surface area contributed by atoms with Crippen molar-refractivity contribution in [2.75, 3.05) is 6.61 Å². The lowest BCUT2D eigenvalue weighted by Crippen LogP contribution is -1.95. The highest BCUT2D eigenvalue weighted by Gasteiger charge is 2.01. The van der Waals surface area contributed by atoms with Gasteiger partial charge in [-0.05, 0) is 36.8 Å². The van der Waals surface area contributed by atoms with Gasteiger partial charge in [0.05, 0.1) is 18.2 Å². The average Bonchev–Trinajstić information content (AvgIpc) is 2.47. The zero-order chi connectivity index (χ0) is 13.5. The van der Waals surface area contributed by atoms with Crippen LogP contribution in [0.5, 0.6) is 17.4 Å². The van der Waals surface area contributed by atoms with Gasteiger partial charge in [-0.15, -0.1) is 16.7 Å². The topological polar surface area (TPSA) is 44.2 Å². The summed E-state index contributed by atoms with van der Waals surface area (Å²) in [7, 11) is 0. The summed E-state index contributed by atoms with van der Waals surface area (Å²) < 4.78 is 11.1. The van der Waals surface area contributed by atoms with Gasteiger partial charge < -0.3 is 9.47 Å². The maximum absolute atomic E-state index is 5.64. The lowest BCUT2D eigenvalue weighted by atomic mass is 10.3. The standard InChI is InChI=1S/C14H15ClN2O2/c1-2-9-18-12-4-6-13(7-5-12)19-14-8-3-11(10-15)16-17-14/h3-8H,2,9-10H2,1H3. The van der Waals surface area contributed by atoms with E-state index >= 15 is 0 Å². The van der Waals surface area contributed by atoms with E-state index in [1.807, 2.05) is 24.3 Å². The van der Waals surface area contributed by atoms with Crippen LogP contribution in [0.25, 0.3) is 0 Å². The number of benzene rings is 1. The molecule has 0 amide bonds. The van der Waals surface area contributed by atoms with Gasteiger partial charge in [0.2, 0.25) is 5.88 Å². The van der Waals surface area contributed by atoms with E-state index < -0.39 is 0 Å². The fourth-order valence-corrected chi connectivity index (χ4v) is 1.56. The minimum Gasteiger partial charge on any atom is -0.494 e. The Labute approximate surface area is 117 Å². The smallest absolute Gasteiger partial charge is 0.238 e. The lowest BCUT2D eigenvalue weighted by Gasteiger charge is -2.07. The molecule has 100 valence electrons. The first-order valence-electron chi connectivity index (χ1n) is 6.11.